The molecular weight excluding hydrogens is 541 g/mol. The highest BCUT2D eigenvalue weighted by Gasteiger charge is 2.22. The highest BCUT2D eigenvalue weighted by atomic mass is 32.2. The SMILES string of the molecule is CCCCCCCCCCCCSc1cc(S)c(Sc2nnnn2-c2ccccc2)c(-c2ccccc2)c1O. The van der Waals surface area contributed by atoms with Crippen molar-refractivity contribution in [3.8, 4) is 22.6 Å². The first-order valence-corrected chi connectivity index (χ1v) is 16.2. The van der Waals surface area contributed by atoms with Crippen molar-refractivity contribution in [2.75, 3.05) is 5.75 Å². The third kappa shape index (κ3) is 8.53. The number of hydrogen-bond acceptors (Lipinski definition) is 7. The first-order chi connectivity index (χ1) is 19.2. The van der Waals surface area contributed by atoms with Gasteiger partial charge in [-0.25, -0.2) is 0 Å². The minimum absolute atomic E-state index is 0.289. The summed E-state index contributed by atoms with van der Waals surface area (Å²) >= 11 is 8.00. The van der Waals surface area contributed by atoms with Gasteiger partial charge in [-0.05, 0) is 58.1 Å². The Morgan fingerprint density at radius 1 is 0.821 bits per heavy atom. The molecule has 0 unspecified atom stereocenters. The molecule has 1 aromatic heterocycles. The first-order valence-electron chi connectivity index (χ1n) is 14.0. The summed E-state index contributed by atoms with van der Waals surface area (Å²) in [5.74, 6) is 1.27. The van der Waals surface area contributed by atoms with Gasteiger partial charge in [0.1, 0.15) is 5.75 Å². The van der Waals surface area contributed by atoms with Gasteiger partial charge in [-0.1, -0.05) is 113 Å². The van der Waals surface area contributed by atoms with Gasteiger partial charge in [0.25, 0.3) is 0 Å². The lowest BCUT2D eigenvalue weighted by Gasteiger charge is -2.17. The predicted octanol–water partition coefficient (Wildman–Crippen LogP) is 9.49. The Morgan fingerprint density at radius 2 is 1.44 bits per heavy atom. The Morgan fingerprint density at radius 3 is 2.10 bits per heavy atom. The molecule has 0 aliphatic carbocycles. The second-order valence-corrected chi connectivity index (χ2v) is 12.2. The lowest BCUT2D eigenvalue weighted by molar-refractivity contribution is 0.462. The topological polar surface area (TPSA) is 63.8 Å². The van der Waals surface area contributed by atoms with E-state index in [0.717, 1.165) is 43.7 Å². The standard InChI is InChI=1S/C31H38N4OS3/c1-2-3-4-5-6-7-8-9-10-17-22-38-27-23-26(37)30(28(29(27)36)24-18-13-11-14-19-24)39-31-32-33-34-35(31)25-20-15-12-16-21-25/h11-16,18-21,23,36-37H,2-10,17,22H2,1H3. The van der Waals surface area contributed by atoms with Crippen LogP contribution in [0.15, 0.2) is 86.6 Å². The summed E-state index contributed by atoms with van der Waals surface area (Å²) in [5.41, 5.74) is 2.58. The van der Waals surface area contributed by atoms with E-state index in [4.69, 9.17) is 12.6 Å². The molecule has 0 amide bonds. The number of aromatic nitrogens is 4. The van der Waals surface area contributed by atoms with E-state index in [2.05, 4.69) is 22.4 Å². The summed E-state index contributed by atoms with van der Waals surface area (Å²) in [6, 6.07) is 21.8. The monoisotopic (exact) mass is 578 g/mol. The van der Waals surface area contributed by atoms with Gasteiger partial charge >= 0.3 is 0 Å². The normalized spacial score (nSPS) is 11.2. The van der Waals surface area contributed by atoms with Gasteiger partial charge < -0.3 is 5.11 Å². The summed E-state index contributed by atoms with van der Waals surface area (Å²) in [4.78, 5) is 2.49. The number of rotatable bonds is 16. The molecule has 0 bridgehead atoms. The zero-order valence-corrected chi connectivity index (χ0v) is 25.2. The number of tetrazole rings is 1. The second kappa shape index (κ2) is 16.0. The van der Waals surface area contributed by atoms with Crippen molar-refractivity contribution in [2.24, 2.45) is 0 Å². The van der Waals surface area contributed by atoms with E-state index in [9.17, 15) is 5.11 Å². The van der Waals surface area contributed by atoms with Crippen LogP contribution in [0.2, 0.25) is 0 Å². The van der Waals surface area contributed by atoms with Crippen molar-refractivity contribution in [1.82, 2.24) is 20.2 Å². The number of phenols is 1. The number of thiol groups is 1. The van der Waals surface area contributed by atoms with Crippen LogP contribution in [0.3, 0.4) is 0 Å². The Labute approximate surface area is 246 Å². The van der Waals surface area contributed by atoms with Crippen molar-refractivity contribution in [3.05, 3.63) is 66.7 Å². The van der Waals surface area contributed by atoms with Crippen molar-refractivity contribution < 1.29 is 5.11 Å². The Bertz CT molecular complexity index is 1280. The molecule has 0 aliphatic rings. The molecule has 39 heavy (non-hydrogen) atoms. The molecule has 0 aliphatic heterocycles. The summed E-state index contributed by atoms with van der Waals surface area (Å²) in [6.45, 7) is 2.27. The fourth-order valence-electron chi connectivity index (χ4n) is 4.54. The third-order valence-corrected chi connectivity index (χ3v) is 9.33. The molecule has 0 fully saturated rings. The van der Waals surface area contributed by atoms with Crippen molar-refractivity contribution >= 4 is 36.2 Å². The van der Waals surface area contributed by atoms with Crippen LogP contribution >= 0.6 is 36.2 Å². The summed E-state index contributed by atoms with van der Waals surface area (Å²) in [7, 11) is 0. The number of thioether (sulfide) groups is 1. The van der Waals surface area contributed by atoms with Gasteiger partial charge in [0.2, 0.25) is 5.16 Å². The molecule has 0 saturated carbocycles. The fourth-order valence-corrected chi connectivity index (χ4v) is 6.98. The minimum Gasteiger partial charge on any atom is -0.506 e. The molecule has 206 valence electrons. The van der Waals surface area contributed by atoms with E-state index < -0.39 is 0 Å². The van der Waals surface area contributed by atoms with Crippen LogP contribution in [0.4, 0.5) is 0 Å². The van der Waals surface area contributed by atoms with Crippen LogP contribution in [0.1, 0.15) is 71.1 Å². The second-order valence-electron chi connectivity index (χ2n) is 9.65. The van der Waals surface area contributed by atoms with Crippen LogP contribution in [-0.2, 0) is 0 Å². The number of phenolic OH excluding ortho intramolecular Hbond substituents is 1. The Hall–Kier alpha value is -2.42. The fraction of sp³-hybridized carbons (Fsp3) is 0.387. The number of unbranched alkanes of at least 4 members (excludes halogenated alkanes) is 9. The Kier molecular flexibility index (Phi) is 12.1. The zero-order chi connectivity index (χ0) is 27.3. The first kappa shape index (κ1) is 29.6. The lowest BCUT2D eigenvalue weighted by Crippen LogP contribution is -1.99. The van der Waals surface area contributed by atoms with Crippen LogP contribution in [-0.4, -0.2) is 31.1 Å². The highest BCUT2D eigenvalue weighted by molar-refractivity contribution is 8.00. The number of benzene rings is 3. The van der Waals surface area contributed by atoms with Crippen LogP contribution in [0, 0.1) is 0 Å². The average Bonchev–Trinajstić information content (AvgIpc) is 3.43. The molecule has 8 heteroatoms. The number of aromatic hydroxyl groups is 1. The summed E-state index contributed by atoms with van der Waals surface area (Å²) in [6.07, 6.45) is 13.2. The van der Waals surface area contributed by atoms with E-state index in [1.807, 2.05) is 66.7 Å². The average molecular weight is 579 g/mol. The number of hydrogen-bond donors (Lipinski definition) is 2. The van der Waals surface area contributed by atoms with Crippen molar-refractivity contribution in [2.45, 2.75) is 91.0 Å². The van der Waals surface area contributed by atoms with E-state index >= 15 is 0 Å². The molecule has 1 N–H and O–H groups in total. The third-order valence-electron chi connectivity index (χ3n) is 6.65. The van der Waals surface area contributed by atoms with E-state index in [-0.39, 0.29) is 5.75 Å². The van der Waals surface area contributed by atoms with Gasteiger partial charge in [0.15, 0.2) is 0 Å². The molecule has 0 saturated heterocycles. The van der Waals surface area contributed by atoms with Crippen LogP contribution in [0.25, 0.3) is 16.8 Å². The zero-order valence-electron chi connectivity index (χ0n) is 22.6. The van der Waals surface area contributed by atoms with Crippen LogP contribution < -0.4 is 0 Å². The molecule has 5 nitrogen and oxygen atoms in total. The molecule has 4 rings (SSSR count). The quantitative estimate of drug-likeness (QED) is 0.0784. The maximum Gasteiger partial charge on any atom is 0.218 e. The van der Waals surface area contributed by atoms with Gasteiger partial charge in [0, 0.05) is 15.4 Å². The van der Waals surface area contributed by atoms with Crippen LogP contribution in [0.5, 0.6) is 5.75 Å². The smallest absolute Gasteiger partial charge is 0.218 e. The predicted molar refractivity (Wildman–Crippen MR) is 167 cm³/mol. The summed E-state index contributed by atoms with van der Waals surface area (Å²) < 4.78 is 1.71. The minimum atomic E-state index is 0.289. The van der Waals surface area contributed by atoms with E-state index in [0.29, 0.717) is 5.16 Å². The van der Waals surface area contributed by atoms with Crippen molar-refractivity contribution in [1.29, 1.82) is 0 Å². The van der Waals surface area contributed by atoms with E-state index in [1.165, 1.54) is 69.5 Å². The molecule has 4 aromatic rings. The lowest BCUT2D eigenvalue weighted by atomic mass is 10.0. The van der Waals surface area contributed by atoms with Gasteiger partial charge in [-0.3, -0.25) is 0 Å². The number of nitrogens with zero attached hydrogens (tertiary/aromatic N) is 4. The van der Waals surface area contributed by atoms with Gasteiger partial charge in [-0.15, -0.1) is 29.5 Å². The molecular formula is C31H38N4OS3. The molecule has 0 atom stereocenters. The number of para-hydroxylation sites is 1. The molecule has 0 radical (unpaired) electrons. The highest BCUT2D eigenvalue weighted by Crippen LogP contribution is 2.48. The molecule has 1 heterocycles. The van der Waals surface area contributed by atoms with E-state index in [1.54, 1.807) is 16.4 Å². The summed E-state index contributed by atoms with van der Waals surface area (Å²) in [5, 5.41) is 24.5. The molecule has 0 spiro atoms. The maximum atomic E-state index is 11.5. The molecule has 3 aromatic carbocycles. The largest absolute Gasteiger partial charge is 0.506 e. The Balaban J connectivity index is 1.44. The van der Waals surface area contributed by atoms with Gasteiger partial charge in [-0.2, -0.15) is 4.68 Å². The van der Waals surface area contributed by atoms with Crippen molar-refractivity contribution in [3.63, 3.8) is 0 Å². The maximum absolute atomic E-state index is 11.5. The van der Waals surface area contributed by atoms with Gasteiger partial charge in [0.05, 0.1) is 10.6 Å².